The second kappa shape index (κ2) is 3.59. The molecule has 0 unspecified atom stereocenters. The molecular weight excluding hydrogens is 204 g/mol. The summed E-state index contributed by atoms with van der Waals surface area (Å²) < 4.78 is 1.50. The van der Waals surface area contributed by atoms with Crippen LogP contribution in [0.2, 0.25) is 0 Å². The summed E-state index contributed by atoms with van der Waals surface area (Å²) in [6.45, 7) is 5.99. The first-order valence-corrected chi connectivity index (χ1v) is 4.97. The van der Waals surface area contributed by atoms with Crippen LogP contribution in [0.5, 0.6) is 5.88 Å². The van der Waals surface area contributed by atoms with Gasteiger partial charge in [-0.25, -0.2) is 9.67 Å². The van der Waals surface area contributed by atoms with E-state index in [2.05, 4.69) is 21.1 Å². The van der Waals surface area contributed by atoms with Gasteiger partial charge in [0.15, 0.2) is 0 Å². The van der Waals surface area contributed by atoms with E-state index >= 15 is 0 Å². The molecule has 5 heteroatoms. The zero-order valence-corrected chi connectivity index (χ0v) is 9.47. The molecule has 5 nitrogen and oxygen atoms in total. The molecule has 0 bridgehead atoms. The third-order valence-electron chi connectivity index (χ3n) is 2.07. The number of nitrogens with zero attached hydrogens (tertiary/aromatic N) is 4. The number of aromatic hydroxyl groups is 1. The molecule has 0 amide bonds. The van der Waals surface area contributed by atoms with Gasteiger partial charge in [0, 0.05) is 17.8 Å². The SMILES string of the molecule is CC(C)(C)c1[c]c(O)nc(-n2cccn2)n1. The highest BCUT2D eigenvalue weighted by Gasteiger charge is 2.19. The first-order valence-electron chi connectivity index (χ1n) is 4.97. The quantitative estimate of drug-likeness (QED) is 0.785. The number of rotatable bonds is 1. The molecule has 0 atom stereocenters. The van der Waals surface area contributed by atoms with Gasteiger partial charge < -0.3 is 5.11 Å². The third kappa shape index (κ3) is 2.03. The highest BCUT2D eigenvalue weighted by molar-refractivity contribution is 5.24. The van der Waals surface area contributed by atoms with Crippen molar-refractivity contribution in [3.8, 4) is 11.8 Å². The summed E-state index contributed by atoms with van der Waals surface area (Å²) in [6, 6.07) is 4.51. The molecule has 16 heavy (non-hydrogen) atoms. The Kier molecular flexibility index (Phi) is 2.38. The van der Waals surface area contributed by atoms with Crippen molar-refractivity contribution in [2.45, 2.75) is 26.2 Å². The minimum Gasteiger partial charge on any atom is -0.493 e. The van der Waals surface area contributed by atoms with E-state index in [9.17, 15) is 5.11 Å². The summed E-state index contributed by atoms with van der Waals surface area (Å²) in [4.78, 5) is 8.20. The summed E-state index contributed by atoms with van der Waals surface area (Å²) in [5.41, 5.74) is 0.466. The largest absolute Gasteiger partial charge is 0.493 e. The summed E-state index contributed by atoms with van der Waals surface area (Å²) in [6.07, 6.45) is 3.36. The maximum absolute atomic E-state index is 9.51. The van der Waals surface area contributed by atoms with E-state index in [-0.39, 0.29) is 11.3 Å². The van der Waals surface area contributed by atoms with Crippen LogP contribution in [0.15, 0.2) is 18.5 Å². The Hall–Kier alpha value is -1.91. The van der Waals surface area contributed by atoms with Crippen molar-refractivity contribution in [3.05, 3.63) is 30.2 Å². The van der Waals surface area contributed by atoms with Crippen molar-refractivity contribution in [2.24, 2.45) is 0 Å². The van der Waals surface area contributed by atoms with Crippen LogP contribution < -0.4 is 0 Å². The van der Waals surface area contributed by atoms with Gasteiger partial charge in [-0.15, -0.1) is 0 Å². The molecule has 0 saturated heterocycles. The van der Waals surface area contributed by atoms with E-state index in [4.69, 9.17) is 0 Å². The van der Waals surface area contributed by atoms with Crippen molar-refractivity contribution in [3.63, 3.8) is 0 Å². The van der Waals surface area contributed by atoms with Crippen LogP contribution in [-0.4, -0.2) is 24.9 Å². The maximum atomic E-state index is 9.51. The topological polar surface area (TPSA) is 63.8 Å². The molecule has 2 rings (SSSR count). The lowest BCUT2D eigenvalue weighted by Crippen LogP contribution is -2.16. The van der Waals surface area contributed by atoms with E-state index < -0.39 is 0 Å². The molecule has 0 saturated carbocycles. The van der Waals surface area contributed by atoms with Gasteiger partial charge in [-0.3, -0.25) is 0 Å². The Balaban J connectivity index is 2.53. The summed E-state index contributed by atoms with van der Waals surface area (Å²) in [7, 11) is 0. The maximum Gasteiger partial charge on any atom is 0.254 e. The van der Waals surface area contributed by atoms with E-state index in [0.29, 0.717) is 11.6 Å². The zero-order valence-electron chi connectivity index (χ0n) is 9.47. The lowest BCUT2D eigenvalue weighted by molar-refractivity contribution is 0.441. The van der Waals surface area contributed by atoms with Gasteiger partial charge in [0.1, 0.15) is 0 Å². The number of aromatic nitrogens is 4. The Morgan fingerprint density at radius 2 is 2.06 bits per heavy atom. The average Bonchev–Trinajstić information content (AvgIpc) is 2.68. The second-order valence-corrected chi connectivity index (χ2v) is 4.52. The minimum atomic E-state index is -0.192. The van der Waals surface area contributed by atoms with Crippen LogP contribution in [0.1, 0.15) is 26.5 Å². The van der Waals surface area contributed by atoms with Crippen molar-refractivity contribution in [1.29, 1.82) is 0 Å². The average molecular weight is 217 g/mol. The van der Waals surface area contributed by atoms with E-state index in [1.54, 1.807) is 18.5 Å². The lowest BCUT2D eigenvalue weighted by atomic mass is 9.92. The summed E-state index contributed by atoms with van der Waals surface area (Å²) in [5, 5.41) is 13.5. The van der Waals surface area contributed by atoms with Gasteiger partial charge in [-0.2, -0.15) is 10.1 Å². The minimum absolute atomic E-state index is 0.162. The second-order valence-electron chi connectivity index (χ2n) is 4.52. The smallest absolute Gasteiger partial charge is 0.254 e. The fraction of sp³-hybridized carbons (Fsp3) is 0.364. The van der Waals surface area contributed by atoms with E-state index in [0.717, 1.165) is 0 Å². The highest BCUT2D eigenvalue weighted by atomic mass is 16.3. The molecule has 83 valence electrons. The molecule has 0 aliphatic heterocycles. The fourth-order valence-corrected chi connectivity index (χ4v) is 1.23. The summed E-state index contributed by atoms with van der Waals surface area (Å²) >= 11 is 0. The predicted molar refractivity (Wildman–Crippen MR) is 58.4 cm³/mol. The number of hydrogen-bond acceptors (Lipinski definition) is 4. The molecule has 0 aliphatic carbocycles. The molecule has 0 fully saturated rings. The van der Waals surface area contributed by atoms with Crippen LogP contribution in [0.3, 0.4) is 0 Å². The fourth-order valence-electron chi connectivity index (χ4n) is 1.23. The molecule has 2 heterocycles. The Bertz CT molecular complexity index is 485. The molecule has 0 aromatic carbocycles. The Morgan fingerprint density at radius 1 is 1.31 bits per heavy atom. The van der Waals surface area contributed by atoms with E-state index in [1.807, 2.05) is 20.8 Å². The van der Waals surface area contributed by atoms with Gasteiger partial charge in [0.2, 0.25) is 5.88 Å². The van der Waals surface area contributed by atoms with Crippen LogP contribution in [0.25, 0.3) is 5.95 Å². The monoisotopic (exact) mass is 217 g/mol. The van der Waals surface area contributed by atoms with Crippen molar-refractivity contribution in [1.82, 2.24) is 19.7 Å². The highest BCUT2D eigenvalue weighted by Crippen LogP contribution is 2.22. The normalized spacial score (nSPS) is 11.7. The molecule has 1 N–H and O–H groups in total. The van der Waals surface area contributed by atoms with Crippen LogP contribution in [0.4, 0.5) is 0 Å². The molecule has 0 aliphatic rings. The van der Waals surface area contributed by atoms with E-state index in [1.165, 1.54) is 4.68 Å². The Morgan fingerprint density at radius 3 is 2.62 bits per heavy atom. The van der Waals surface area contributed by atoms with Crippen LogP contribution in [-0.2, 0) is 5.41 Å². The van der Waals surface area contributed by atoms with Crippen molar-refractivity contribution >= 4 is 0 Å². The number of hydrogen-bond donors (Lipinski definition) is 1. The standard InChI is InChI=1S/C11H13N4O/c1-11(2,3)8-7-9(16)14-10(13-8)15-6-4-5-12-15/h4-6H,1-3H3,(H,13,14,16). The van der Waals surface area contributed by atoms with Gasteiger partial charge in [0.25, 0.3) is 5.95 Å². The molecular formula is C11H13N4O. The van der Waals surface area contributed by atoms with Crippen molar-refractivity contribution < 1.29 is 5.11 Å². The Labute approximate surface area is 93.8 Å². The van der Waals surface area contributed by atoms with Crippen molar-refractivity contribution in [2.75, 3.05) is 0 Å². The molecule has 0 spiro atoms. The van der Waals surface area contributed by atoms with Gasteiger partial charge in [-0.05, 0) is 6.07 Å². The van der Waals surface area contributed by atoms with Crippen LogP contribution >= 0.6 is 0 Å². The van der Waals surface area contributed by atoms with Gasteiger partial charge >= 0.3 is 0 Å². The first-order chi connectivity index (χ1) is 7.47. The van der Waals surface area contributed by atoms with Crippen LogP contribution in [0, 0.1) is 6.07 Å². The lowest BCUT2D eigenvalue weighted by Gasteiger charge is -2.17. The third-order valence-corrected chi connectivity index (χ3v) is 2.07. The molecule has 2 aromatic rings. The zero-order chi connectivity index (χ0) is 11.8. The molecule has 2 aromatic heterocycles. The van der Waals surface area contributed by atoms with Gasteiger partial charge in [-0.1, -0.05) is 20.8 Å². The molecule has 1 radical (unpaired) electrons. The summed E-state index contributed by atoms with van der Waals surface area (Å²) in [5.74, 6) is 0.191. The van der Waals surface area contributed by atoms with Gasteiger partial charge in [0.05, 0.1) is 11.8 Å². The predicted octanol–water partition coefficient (Wildman–Crippen LogP) is 1.47. The first kappa shape index (κ1) is 10.6.